The van der Waals surface area contributed by atoms with Crippen molar-refractivity contribution in [3.05, 3.63) is 48.0 Å². The maximum atomic E-state index is 12.5. The van der Waals surface area contributed by atoms with Gasteiger partial charge in [-0.25, -0.2) is 0 Å². The summed E-state index contributed by atoms with van der Waals surface area (Å²) in [6.07, 6.45) is -4.39. The molecule has 0 atom stereocenters. The normalized spacial score (nSPS) is 11.6. The molecule has 6 nitrogen and oxygen atoms in total. The van der Waals surface area contributed by atoms with E-state index in [4.69, 9.17) is 10.5 Å². The first-order valence-corrected chi connectivity index (χ1v) is 8.21. The average Bonchev–Trinajstić information content (AvgIpc) is 2.62. The zero-order chi connectivity index (χ0) is 21.4. The second kappa shape index (κ2) is 11.6. The molecule has 0 fully saturated rings. The van der Waals surface area contributed by atoms with Crippen LogP contribution in [0.2, 0.25) is 0 Å². The van der Waals surface area contributed by atoms with Crippen molar-refractivity contribution in [2.24, 2.45) is 10.7 Å². The topological polar surface area (TPSA) is 78.1 Å². The van der Waals surface area contributed by atoms with Crippen LogP contribution in [0.15, 0.2) is 47.5 Å². The first-order chi connectivity index (χ1) is 13.7. The largest absolute Gasteiger partial charge is 0.573 e. The molecule has 0 aliphatic heterocycles. The molecule has 0 saturated carbocycles. The Morgan fingerprint density at radius 2 is 1.77 bits per heavy atom. The van der Waals surface area contributed by atoms with Gasteiger partial charge in [0.2, 0.25) is 0 Å². The molecule has 3 N–H and O–H groups in total. The minimum atomic E-state index is -4.77. The number of alkyl halides is 5. The lowest BCUT2D eigenvalue weighted by Crippen LogP contribution is -2.23. The van der Waals surface area contributed by atoms with E-state index >= 15 is 0 Å². The lowest BCUT2D eigenvalue weighted by atomic mass is 10.1. The summed E-state index contributed by atoms with van der Waals surface area (Å²) < 4.78 is 74.4. The first-order valence-electron chi connectivity index (χ1n) is 8.21. The van der Waals surface area contributed by atoms with Crippen LogP contribution >= 0.6 is 24.0 Å². The Morgan fingerprint density at radius 1 is 1.10 bits per heavy atom. The highest BCUT2D eigenvalue weighted by molar-refractivity contribution is 14.0. The zero-order valence-corrected chi connectivity index (χ0v) is 17.9. The number of benzene rings is 2. The fourth-order valence-corrected chi connectivity index (χ4v) is 2.30. The Balaban J connectivity index is 0.00000450. The molecule has 0 aliphatic carbocycles. The maximum Gasteiger partial charge on any atom is 0.573 e. The van der Waals surface area contributed by atoms with Crippen LogP contribution in [0.1, 0.15) is 5.56 Å². The van der Waals surface area contributed by atoms with E-state index in [1.807, 2.05) is 0 Å². The smallest absolute Gasteiger partial charge is 0.493 e. The molecule has 0 radical (unpaired) electrons. The molecule has 166 valence electrons. The lowest BCUT2D eigenvalue weighted by Gasteiger charge is -2.11. The number of nitrogens with zero attached hydrogens (tertiary/aromatic N) is 1. The van der Waals surface area contributed by atoms with Crippen molar-refractivity contribution in [2.45, 2.75) is 19.4 Å². The summed E-state index contributed by atoms with van der Waals surface area (Å²) in [5, 5.41) is 2.72. The Kier molecular flexibility index (Phi) is 9.89. The first kappa shape index (κ1) is 25.5. The molecule has 30 heavy (non-hydrogen) atoms. The second-order valence-corrected chi connectivity index (χ2v) is 5.58. The second-order valence-electron chi connectivity index (χ2n) is 5.58. The van der Waals surface area contributed by atoms with Crippen LogP contribution in [0.4, 0.5) is 27.6 Å². The molecule has 0 aromatic heterocycles. The molecule has 0 amide bonds. The molecule has 0 bridgehead atoms. The lowest BCUT2D eigenvalue weighted by molar-refractivity contribution is -0.274. The molecule has 12 heteroatoms. The molecular formula is C18H19F5IN3O3. The summed E-state index contributed by atoms with van der Waals surface area (Å²) in [7, 11) is 1.34. The number of nitrogens with two attached hydrogens (primary N) is 1. The molecule has 2 aromatic carbocycles. The maximum absolute atomic E-state index is 12.5. The molecule has 2 rings (SSSR count). The highest BCUT2D eigenvalue weighted by Crippen LogP contribution is 2.29. The third-order valence-electron chi connectivity index (χ3n) is 3.49. The van der Waals surface area contributed by atoms with Crippen LogP contribution in [0.25, 0.3) is 0 Å². The highest BCUT2D eigenvalue weighted by atomic mass is 127. The molecule has 0 aliphatic rings. The Morgan fingerprint density at radius 3 is 2.33 bits per heavy atom. The monoisotopic (exact) mass is 547 g/mol. The van der Waals surface area contributed by atoms with Gasteiger partial charge in [0.25, 0.3) is 0 Å². The van der Waals surface area contributed by atoms with Crippen LogP contribution in [0.5, 0.6) is 17.2 Å². The molecule has 2 aromatic rings. The van der Waals surface area contributed by atoms with E-state index in [1.165, 1.54) is 31.4 Å². The Bertz CT molecular complexity index is 833. The predicted octanol–water partition coefficient (Wildman–Crippen LogP) is 4.78. The van der Waals surface area contributed by atoms with Crippen molar-refractivity contribution in [1.29, 1.82) is 0 Å². The zero-order valence-electron chi connectivity index (χ0n) is 15.6. The van der Waals surface area contributed by atoms with Crippen LogP contribution in [-0.4, -0.2) is 32.6 Å². The van der Waals surface area contributed by atoms with Crippen LogP contribution in [0.3, 0.4) is 0 Å². The van der Waals surface area contributed by atoms with Gasteiger partial charge in [-0.3, -0.25) is 4.99 Å². The van der Waals surface area contributed by atoms with Crippen molar-refractivity contribution >= 4 is 35.6 Å². The van der Waals surface area contributed by atoms with E-state index in [0.29, 0.717) is 17.7 Å². The van der Waals surface area contributed by atoms with Gasteiger partial charge in [0.05, 0.1) is 7.11 Å². The number of halogens is 6. The number of guanidine groups is 1. The number of methoxy groups -OCH3 is 1. The van der Waals surface area contributed by atoms with Crippen LogP contribution < -0.4 is 25.3 Å². The van der Waals surface area contributed by atoms with Gasteiger partial charge in [-0.05, 0) is 48.4 Å². The minimum Gasteiger partial charge on any atom is -0.493 e. The van der Waals surface area contributed by atoms with Gasteiger partial charge in [0.1, 0.15) is 5.75 Å². The Labute approximate surface area is 186 Å². The van der Waals surface area contributed by atoms with Crippen molar-refractivity contribution < 1.29 is 36.2 Å². The average molecular weight is 547 g/mol. The van der Waals surface area contributed by atoms with Crippen molar-refractivity contribution in [3.63, 3.8) is 0 Å². The van der Waals surface area contributed by atoms with E-state index in [9.17, 15) is 22.0 Å². The minimum absolute atomic E-state index is 0. The highest BCUT2D eigenvalue weighted by Gasteiger charge is 2.30. The summed E-state index contributed by atoms with van der Waals surface area (Å²) in [5.74, 6) is -0.236. The third-order valence-corrected chi connectivity index (χ3v) is 3.49. The van der Waals surface area contributed by atoms with Gasteiger partial charge < -0.3 is 25.3 Å². The van der Waals surface area contributed by atoms with Crippen molar-refractivity contribution in [2.75, 3.05) is 19.0 Å². The number of rotatable bonds is 8. The molecule has 0 heterocycles. The van der Waals surface area contributed by atoms with Gasteiger partial charge in [0, 0.05) is 12.2 Å². The molecular weight excluding hydrogens is 528 g/mol. The van der Waals surface area contributed by atoms with E-state index in [1.54, 1.807) is 6.07 Å². The summed E-state index contributed by atoms with van der Waals surface area (Å²) in [6.45, 7) is -2.75. The van der Waals surface area contributed by atoms with Crippen molar-refractivity contribution in [1.82, 2.24) is 0 Å². The quantitative estimate of drug-likeness (QED) is 0.215. The van der Waals surface area contributed by atoms with Gasteiger partial charge in [-0.2, -0.15) is 8.78 Å². The fourth-order valence-electron chi connectivity index (χ4n) is 2.30. The van der Waals surface area contributed by atoms with Gasteiger partial charge in [0.15, 0.2) is 17.5 Å². The van der Waals surface area contributed by atoms with E-state index in [-0.39, 0.29) is 53.7 Å². The van der Waals surface area contributed by atoms with E-state index in [0.717, 1.165) is 12.1 Å². The number of hydrogen-bond donors (Lipinski definition) is 2. The summed E-state index contributed by atoms with van der Waals surface area (Å²) in [4.78, 5) is 4.08. The molecule has 0 spiro atoms. The van der Waals surface area contributed by atoms with Gasteiger partial charge in [-0.15, -0.1) is 37.1 Å². The fraction of sp³-hybridized carbons (Fsp3) is 0.278. The molecule has 0 unspecified atom stereocenters. The molecule has 0 saturated heterocycles. The van der Waals surface area contributed by atoms with Crippen molar-refractivity contribution in [3.8, 4) is 17.2 Å². The van der Waals surface area contributed by atoms with E-state index < -0.39 is 13.0 Å². The Hall–Kier alpha value is -2.51. The van der Waals surface area contributed by atoms with Gasteiger partial charge in [-0.1, -0.05) is 6.07 Å². The predicted molar refractivity (Wildman–Crippen MR) is 112 cm³/mol. The van der Waals surface area contributed by atoms with Crippen LogP contribution in [-0.2, 0) is 6.42 Å². The number of anilines is 1. The SMILES string of the molecule is COc1ccc(CCN=C(N)Nc2ccc(OC(F)(F)F)cc2)cc1OC(F)F.I. The number of hydrogen-bond acceptors (Lipinski definition) is 4. The number of nitrogens with one attached hydrogen (secondary N) is 1. The van der Waals surface area contributed by atoms with E-state index in [2.05, 4.69) is 19.8 Å². The summed E-state index contributed by atoms with van der Waals surface area (Å²) >= 11 is 0. The summed E-state index contributed by atoms with van der Waals surface area (Å²) in [6, 6.07) is 9.56. The third kappa shape index (κ3) is 8.88. The summed E-state index contributed by atoms with van der Waals surface area (Å²) in [5.41, 5.74) is 6.82. The number of aliphatic imine (C=N–C) groups is 1. The standard InChI is InChI=1S/C18H18F5N3O3.HI/c1-27-14-7-2-11(10-15(14)28-16(19)20)8-9-25-17(24)26-12-3-5-13(6-4-12)29-18(21,22)23;/h2-7,10,16H,8-9H2,1H3,(H3,24,25,26);1H. The number of ether oxygens (including phenoxy) is 3. The van der Waals surface area contributed by atoms with Crippen LogP contribution in [0, 0.1) is 0 Å². The van der Waals surface area contributed by atoms with Gasteiger partial charge >= 0.3 is 13.0 Å².